The van der Waals surface area contributed by atoms with Gasteiger partial charge >= 0.3 is 11.9 Å². The van der Waals surface area contributed by atoms with Gasteiger partial charge < -0.3 is 15.6 Å². The SMILES string of the molecule is Cc1ccc(-c2c(CN)c(CC(C)C)nc(C)c2C(=O)OCc2ccc(C(=O)O)cc2Cl)cc1. The lowest BCUT2D eigenvalue weighted by Gasteiger charge is -2.20. The highest BCUT2D eigenvalue weighted by atomic mass is 35.5. The van der Waals surface area contributed by atoms with E-state index in [0.29, 0.717) is 22.7 Å². The first-order valence-electron chi connectivity index (χ1n) is 11.1. The van der Waals surface area contributed by atoms with E-state index in [9.17, 15) is 9.59 Å². The van der Waals surface area contributed by atoms with Crippen LogP contribution in [0.5, 0.6) is 0 Å². The highest BCUT2D eigenvalue weighted by Gasteiger charge is 2.25. The molecule has 3 aromatic rings. The van der Waals surface area contributed by atoms with Crippen LogP contribution in [0, 0.1) is 19.8 Å². The number of hydrogen-bond donors (Lipinski definition) is 2. The molecule has 2 aromatic carbocycles. The number of rotatable bonds is 8. The van der Waals surface area contributed by atoms with Crippen molar-refractivity contribution < 1.29 is 19.4 Å². The average molecular weight is 481 g/mol. The molecule has 0 radical (unpaired) electrons. The summed E-state index contributed by atoms with van der Waals surface area (Å²) in [5, 5.41) is 9.34. The van der Waals surface area contributed by atoms with Crippen LogP contribution in [-0.2, 0) is 24.3 Å². The number of hydrogen-bond acceptors (Lipinski definition) is 5. The Morgan fingerprint density at radius 2 is 1.79 bits per heavy atom. The standard InChI is InChI=1S/C27H29ClN2O4/c1-15(2)11-23-21(13-29)25(18-7-5-16(3)6-8-18)24(17(4)30-23)27(33)34-14-20-10-9-19(26(31)32)12-22(20)28/h5-10,12,15H,11,13-14,29H2,1-4H3,(H,31,32). The molecule has 0 saturated heterocycles. The maximum absolute atomic E-state index is 13.3. The Morgan fingerprint density at radius 1 is 1.12 bits per heavy atom. The molecule has 3 N–H and O–H groups in total. The number of carbonyl (C=O) groups is 2. The molecule has 7 heteroatoms. The lowest BCUT2D eigenvalue weighted by atomic mass is 9.90. The summed E-state index contributed by atoms with van der Waals surface area (Å²) < 4.78 is 5.63. The molecular formula is C27H29ClN2O4. The Morgan fingerprint density at radius 3 is 2.35 bits per heavy atom. The zero-order chi connectivity index (χ0) is 25.0. The molecule has 34 heavy (non-hydrogen) atoms. The molecule has 0 saturated carbocycles. The van der Waals surface area contributed by atoms with Gasteiger partial charge in [0.25, 0.3) is 0 Å². The van der Waals surface area contributed by atoms with Gasteiger partial charge in [-0.15, -0.1) is 0 Å². The van der Waals surface area contributed by atoms with Crippen LogP contribution in [-0.4, -0.2) is 22.0 Å². The molecule has 0 aliphatic carbocycles. The van der Waals surface area contributed by atoms with Crippen molar-refractivity contribution in [3.05, 3.63) is 86.7 Å². The summed E-state index contributed by atoms with van der Waals surface area (Å²) in [7, 11) is 0. The first-order chi connectivity index (χ1) is 16.1. The summed E-state index contributed by atoms with van der Waals surface area (Å²) in [4.78, 5) is 29.2. The Labute approximate surface area is 204 Å². The van der Waals surface area contributed by atoms with Crippen LogP contribution in [0.15, 0.2) is 42.5 Å². The molecule has 1 aromatic heterocycles. The molecule has 178 valence electrons. The smallest absolute Gasteiger partial charge is 0.340 e. The van der Waals surface area contributed by atoms with E-state index < -0.39 is 11.9 Å². The zero-order valence-electron chi connectivity index (χ0n) is 19.8. The van der Waals surface area contributed by atoms with Gasteiger partial charge in [0.1, 0.15) is 6.61 Å². The third kappa shape index (κ3) is 5.64. The molecule has 3 rings (SSSR count). The number of nitrogens with two attached hydrogens (primary N) is 1. The third-order valence-corrected chi connectivity index (χ3v) is 5.93. The largest absolute Gasteiger partial charge is 0.478 e. The first-order valence-corrected chi connectivity index (χ1v) is 11.5. The predicted octanol–water partition coefficient (Wildman–Crippen LogP) is 5.73. The van der Waals surface area contributed by atoms with Gasteiger partial charge in [-0.2, -0.15) is 0 Å². The van der Waals surface area contributed by atoms with E-state index in [1.54, 1.807) is 13.0 Å². The second-order valence-corrected chi connectivity index (χ2v) is 9.14. The van der Waals surface area contributed by atoms with Gasteiger partial charge in [-0.3, -0.25) is 4.98 Å². The van der Waals surface area contributed by atoms with Gasteiger partial charge in [0, 0.05) is 28.4 Å². The van der Waals surface area contributed by atoms with Crippen molar-refractivity contribution in [2.24, 2.45) is 11.7 Å². The lowest BCUT2D eigenvalue weighted by molar-refractivity contribution is 0.0471. The molecule has 0 aliphatic rings. The molecule has 0 aliphatic heterocycles. The van der Waals surface area contributed by atoms with Crippen LogP contribution in [0.2, 0.25) is 5.02 Å². The molecule has 0 unspecified atom stereocenters. The van der Waals surface area contributed by atoms with Gasteiger partial charge in [-0.1, -0.05) is 61.3 Å². The molecule has 0 spiro atoms. The van der Waals surface area contributed by atoms with Crippen molar-refractivity contribution in [1.29, 1.82) is 0 Å². The number of esters is 1. The van der Waals surface area contributed by atoms with Crippen molar-refractivity contribution >= 4 is 23.5 Å². The van der Waals surface area contributed by atoms with E-state index in [-0.39, 0.29) is 23.7 Å². The summed E-state index contributed by atoms with van der Waals surface area (Å²) in [6.45, 7) is 8.17. The van der Waals surface area contributed by atoms with Gasteiger partial charge in [-0.25, -0.2) is 9.59 Å². The third-order valence-electron chi connectivity index (χ3n) is 5.57. The Bertz CT molecular complexity index is 1220. The lowest BCUT2D eigenvalue weighted by Crippen LogP contribution is -2.17. The highest BCUT2D eigenvalue weighted by molar-refractivity contribution is 6.31. The molecule has 6 nitrogen and oxygen atoms in total. The minimum absolute atomic E-state index is 0.0649. The van der Waals surface area contributed by atoms with E-state index in [2.05, 4.69) is 13.8 Å². The van der Waals surface area contributed by atoms with E-state index in [1.165, 1.54) is 12.1 Å². The van der Waals surface area contributed by atoms with Crippen LogP contribution in [0.3, 0.4) is 0 Å². The van der Waals surface area contributed by atoms with E-state index >= 15 is 0 Å². The van der Waals surface area contributed by atoms with Gasteiger partial charge in [0.2, 0.25) is 0 Å². The van der Waals surface area contributed by atoms with Crippen molar-refractivity contribution in [3.8, 4) is 11.1 Å². The topological polar surface area (TPSA) is 103 Å². The summed E-state index contributed by atoms with van der Waals surface area (Å²) in [6, 6.07) is 12.2. The van der Waals surface area contributed by atoms with E-state index in [1.807, 2.05) is 31.2 Å². The van der Waals surface area contributed by atoms with Crippen LogP contribution >= 0.6 is 11.6 Å². The molecule has 0 atom stereocenters. The number of carboxylic acid groups (broad SMARTS) is 1. The number of aryl methyl sites for hydroxylation is 2. The van der Waals surface area contributed by atoms with Gasteiger partial charge in [0.05, 0.1) is 16.8 Å². The number of aromatic carboxylic acids is 1. The minimum atomic E-state index is -1.08. The summed E-state index contributed by atoms with van der Waals surface area (Å²) >= 11 is 6.21. The van der Waals surface area contributed by atoms with Crippen LogP contribution in [0.4, 0.5) is 0 Å². The molecule has 0 fully saturated rings. The predicted molar refractivity (Wildman–Crippen MR) is 133 cm³/mol. The fourth-order valence-corrected chi connectivity index (χ4v) is 4.11. The van der Waals surface area contributed by atoms with Crippen molar-refractivity contribution in [1.82, 2.24) is 4.98 Å². The molecule has 1 heterocycles. The second kappa shape index (κ2) is 10.8. The normalized spacial score (nSPS) is 11.0. The van der Waals surface area contributed by atoms with Crippen molar-refractivity contribution in [2.75, 3.05) is 0 Å². The molecule has 0 amide bonds. The Balaban J connectivity index is 2.05. The number of aromatic nitrogens is 1. The monoisotopic (exact) mass is 480 g/mol. The summed E-state index contributed by atoms with van der Waals surface area (Å²) in [5.41, 5.74) is 12.1. The second-order valence-electron chi connectivity index (χ2n) is 8.73. The average Bonchev–Trinajstić information content (AvgIpc) is 2.77. The van der Waals surface area contributed by atoms with Gasteiger partial charge in [0.15, 0.2) is 0 Å². The van der Waals surface area contributed by atoms with Crippen molar-refractivity contribution in [2.45, 2.75) is 47.3 Å². The van der Waals surface area contributed by atoms with Crippen molar-refractivity contribution in [3.63, 3.8) is 0 Å². The van der Waals surface area contributed by atoms with E-state index in [0.717, 1.165) is 34.4 Å². The van der Waals surface area contributed by atoms with Crippen LogP contribution in [0.1, 0.15) is 62.6 Å². The Hall–Kier alpha value is -3.22. The van der Waals surface area contributed by atoms with Crippen LogP contribution in [0.25, 0.3) is 11.1 Å². The molecular weight excluding hydrogens is 452 g/mol. The zero-order valence-corrected chi connectivity index (χ0v) is 20.6. The fraction of sp³-hybridized carbons (Fsp3) is 0.296. The summed E-state index contributed by atoms with van der Waals surface area (Å²) in [5.74, 6) is -1.24. The number of pyridine rings is 1. The number of halogens is 1. The first kappa shape index (κ1) is 25.4. The fourth-order valence-electron chi connectivity index (χ4n) is 3.88. The number of carbonyl (C=O) groups excluding carboxylic acids is 1. The highest BCUT2D eigenvalue weighted by Crippen LogP contribution is 2.33. The van der Waals surface area contributed by atoms with Gasteiger partial charge in [-0.05, 0) is 49.4 Å². The van der Waals surface area contributed by atoms with Crippen LogP contribution < -0.4 is 5.73 Å². The van der Waals surface area contributed by atoms with E-state index in [4.69, 9.17) is 32.2 Å². The number of carboxylic acids is 1. The number of benzene rings is 2. The maximum atomic E-state index is 13.3. The summed E-state index contributed by atoms with van der Waals surface area (Å²) in [6.07, 6.45) is 0.743. The molecule has 0 bridgehead atoms. The number of nitrogens with zero attached hydrogens (tertiary/aromatic N) is 1. The minimum Gasteiger partial charge on any atom is -0.478 e. The quantitative estimate of drug-likeness (QED) is 0.399. The Kier molecular flexibility index (Phi) is 8.07. The number of ether oxygens (including phenoxy) is 1. The maximum Gasteiger partial charge on any atom is 0.340 e.